The molecule has 0 atom stereocenters. The van der Waals surface area contributed by atoms with E-state index in [1.807, 2.05) is 0 Å². The number of hydrogen-bond donors (Lipinski definition) is 0. The highest BCUT2D eigenvalue weighted by atomic mass is 35.5. The number of pyridine rings is 1. The van der Waals surface area contributed by atoms with Crippen molar-refractivity contribution in [3.05, 3.63) is 21.3 Å². The Labute approximate surface area is 136 Å². The Morgan fingerprint density at radius 1 is 1.20 bits per heavy atom. The molecule has 2 nitrogen and oxygen atoms in total. The molecule has 0 aromatic carbocycles. The highest BCUT2D eigenvalue weighted by Gasteiger charge is 2.26. The van der Waals surface area contributed by atoms with Gasteiger partial charge in [0.05, 0.1) is 10.0 Å². The van der Waals surface area contributed by atoms with Gasteiger partial charge >= 0.3 is 0 Å². The van der Waals surface area contributed by atoms with Crippen LogP contribution in [0.4, 0.5) is 5.82 Å². The molecule has 0 saturated heterocycles. The molecule has 0 bridgehead atoms. The molecule has 1 aromatic heterocycles. The zero-order chi connectivity index (χ0) is 14.7. The van der Waals surface area contributed by atoms with Crippen molar-refractivity contribution in [2.75, 3.05) is 11.4 Å². The summed E-state index contributed by atoms with van der Waals surface area (Å²) in [6.07, 6.45) is 6.09. The number of aromatic nitrogens is 1. The van der Waals surface area contributed by atoms with E-state index in [9.17, 15) is 0 Å². The van der Waals surface area contributed by atoms with Crippen molar-refractivity contribution in [2.24, 2.45) is 5.92 Å². The molecule has 1 aliphatic carbocycles. The van der Waals surface area contributed by atoms with Crippen molar-refractivity contribution < 1.29 is 0 Å². The quantitative estimate of drug-likeness (QED) is 0.629. The van der Waals surface area contributed by atoms with Gasteiger partial charge in [-0.15, -0.1) is 0 Å². The maximum atomic E-state index is 6.34. The topological polar surface area (TPSA) is 16.1 Å². The minimum absolute atomic E-state index is 0.332. The molecule has 1 saturated carbocycles. The number of hydrogen-bond acceptors (Lipinski definition) is 2. The van der Waals surface area contributed by atoms with E-state index in [1.165, 1.54) is 25.7 Å². The van der Waals surface area contributed by atoms with Crippen LogP contribution in [0.25, 0.3) is 0 Å². The summed E-state index contributed by atoms with van der Waals surface area (Å²) in [5.74, 6) is 1.44. The highest BCUT2D eigenvalue weighted by molar-refractivity contribution is 6.42. The second kappa shape index (κ2) is 7.20. The third-order valence-corrected chi connectivity index (χ3v) is 4.80. The van der Waals surface area contributed by atoms with Crippen molar-refractivity contribution in [3.63, 3.8) is 0 Å². The Hall–Kier alpha value is -0.180. The maximum Gasteiger partial charge on any atom is 0.150 e. The fourth-order valence-corrected chi connectivity index (χ4v) is 3.31. The predicted octanol–water partition coefficient (Wildman–Crippen LogP) is 5.84. The summed E-state index contributed by atoms with van der Waals surface area (Å²) >= 11 is 18.4. The van der Waals surface area contributed by atoms with Gasteiger partial charge in [0.2, 0.25) is 0 Å². The zero-order valence-electron chi connectivity index (χ0n) is 12.0. The molecule has 0 unspecified atom stereocenters. The van der Waals surface area contributed by atoms with E-state index < -0.39 is 0 Å². The van der Waals surface area contributed by atoms with Crippen molar-refractivity contribution >= 4 is 40.6 Å². The van der Waals surface area contributed by atoms with E-state index >= 15 is 0 Å². The summed E-state index contributed by atoms with van der Waals surface area (Å²) in [5.41, 5.74) is 0. The molecule has 0 amide bonds. The molecule has 1 aliphatic rings. The summed E-state index contributed by atoms with van der Waals surface area (Å²) < 4.78 is 0. The van der Waals surface area contributed by atoms with Crippen molar-refractivity contribution in [3.8, 4) is 0 Å². The second-order valence-corrected chi connectivity index (χ2v) is 7.05. The minimum atomic E-state index is 0.332. The van der Waals surface area contributed by atoms with E-state index in [4.69, 9.17) is 34.8 Å². The Bertz CT molecular complexity index is 457. The van der Waals surface area contributed by atoms with Crippen LogP contribution in [0.5, 0.6) is 0 Å². The number of rotatable bonds is 5. The Morgan fingerprint density at radius 3 is 2.45 bits per heavy atom. The van der Waals surface area contributed by atoms with Gasteiger partial charge in [-0.05, 0) is 31.2 Å². The van der Waals surface area contributed by atoms with Crippen LogP contribution in [0, 0.1) is 5.92 Å². The first-order valence-electron chi connectivity index (χ1n) is 7.27. The van der Waals surface area contributed by atoms with Gasteiger partial charge in [-0.1, -0.05) is 61.5 Å². The fraction of sp³-hybridized carbons (Fsp3) is 0.667. The van der Waals surface area contributed by atoms with Gasteiger partial charge in [-0.3, -0.25) is 0 Å². The molecule has 1 fully saturated rings. The summed E-state index contributed by atoms with van der Waals surface area (Å²) in [6, 6.07) is 2.22. The molecular formula is C15H21Cl3N2. The normalized spacial score (nSPS) is 16.1. The van der Waals surface area contributed by atoms with Crippen LogP contribution in [-0.2, 0) is 0 Å². The average Bonchev–Trinajstić information content (AvgIpc) is 2.89. The monoisotopic (exact) mass is 334 g/mol. The van der Waals surface area contributed by atoms with Crippen molar-refractivity contribution in [1.82, 2.24) is 4.98 Å². The molecule has 5 heteroatoms. The molecule has 112 valence electrons. The van der Waals surface area contributed by atoms with E-state index in [2.05, 4.69) is 23.7 Å². The first-order chi connectivity index (χ1) is 9.49. The summed E-state index contributed by atoms with van der Waals surface area (Å²) in [6.45, 7) is 5.43. The van der Waals surface area contributed by atoms with Gasteiger partial charge in [0.15, 0.2) is 0 Å². The molecule has 0 radical (unpaired) electrons. The summed E-state index contributed by atoms with van der Waals surface area (Å²) in [4.78, 5) is 6.75. The first kappa shape index (κ1) is 16.2. The Morgan fingerprint density at radius 2 is 1.85 bits per heavy atom. The minimum Gasteiger partial charge on any atom is -0.352 e. The number of anilines is 1. The largest absolute Gasteiger partial charge is 0.352 e. The zero-order valence-corrected chi connectivity index (χ0v) is 14.3. The van der Waals surface area contributed by atoms with Crippen LogP contribution in [-0.4, -0.2) is 17.6 Å². The molecule has 0 aliphatic heterocycles. The van der Waals surface area contributed by atoms with Crippen LogP contribution in [0.2, 0.25) is 15.2 Å². The molecule has 2 rings (SSSR count). The van der Waals surface area contributed by atoms with Crippen LogP contribution >= 0.6 is 34.8 Å². The van der Waals surface area contributed by atoms with Gasteiger partial charge in [-0.2, -0.15) is 0 Å². The van der Waals surface area contributed by atoms with Crippen molar-refractivity contribution in [1.29, 1.82) is 0 Å². The van der Waals surface area contributed by atoms with Crippen molar-refractivity contribution in [2.45, 2.75) is 52.0 Å². The second-order valence-electron chi connectivity index (χ2n) is 5.88. The molecular weight excluding hydrogens is 315 g/mol. The molecule has 1 heterocycles. The molecule has 20 heavy (non-hydrogen) atoms. The smallest absolute Gasteiger partial charge is 0.150 e. The lowest BCUT2D eigenvalue weighted by atomic mass is 10.1. The third-order valence-electron chi connectivity index (χ3n) is 3.85. The Kier molecular flexibility index (Phi) is 5.83. The standard InChI is InChI=1S/C15H21Cl3N2/c1-10(2)7-8-20(11-5-3-4-6-11)15-13(17)9-12(16)14(18)19-15/h9-11H,3-8H2,1-2H3. The van der Waals surface area contributed by atoms with Gasteiger partial charge in [0.1, 0.15) is 11.0 Å². The van der Waals surface area contributed by atoms with Crippen LogP contribution in [0.1, 0.15) is 46.0 Å². The summed E-state index contributed by atoms with van der Waals surface area (Å²) in [5, 5.41) is 1.34. The lowest BCUT2D eigenvalue weighted by Crippen LogP contribution is -2.35. The van der Waals surface area contributed by atoms with Gasteiger partial charge in [-0.25, -0.2) is 4.98 Å². The summed E-state index contributed by atoms with van der Waals surface area (Å²) in [7, 11) is 0. The average molecular weight is 336 g/mol. The van der Waals surface area contributed by atoms with E-state index in [0.717, 1.165) is 18.8 Å². The fourth-order valence-electron chi connectivity index (χ4n) is 2.71. The van der Waals surface area contributed by atoms with E-state index in [-0.39, 0.29) is 0 Å². The Balaban J connectivity index is 2.27. The molecule has 0 spiro atoms. The SMILES string of the molecule is CC(C)CCN(c1nc(Cl)c(Cl)cc1Cl)C1CCCC1. The van der Waals surface area contributed by atoms with Gasteiger partial charge in [0, 0.05) is 12.6 Å². The number of halogens is 3. The van der Waals surface area contributed by atoms with Crippen LogP contribution < -0.4 is 4.90 Å². The van der Waals surface area contributed by atoms with E-state index in [1.54, 1.807) is 6.07 Å². The lowest BCUT2D eigenvalue weighted by molar-refractivity contribution is 0.525. The highest BCUT2D eigenvalue weighted by Crippen LogP contribution is 2.35. The van der Waals surface area contributed by atoms with Gasteiger partial charge in [0.25, 0.3) is 0 Å². The lowest BCUT2D eigenvalue weighted by Gasteiger charge is -2.31. The van der Waals surface area contributed by atoms with Crippen LogP contribution in [0.3, 0.4) is 0 Å². The molecule has 0 N–H and O–H groups in total. The maximum absolute atomic E-state index is 6.34. The first-order valence-corrected chi connectivity index (χ1v) is 8.40. The number of nitrogens with zero attached hydrogens (tertiary/aromatic N) is 2. The van der Waals surface area contributed by atoms with Gasteiger partial charge < -0.3 is 4.90 Å². The molecule has 1 aromatic rings. The van der Waals surface area contributed by atoms with E-state index in [0.29, 0.717) is 27.2 Å². The van der Waals surface area contributed by atoms with Crippen LogP contribution in [0.15, 0.2) is 6.07 Å². The predicted molar refractivity (Wildman–Crippen MR) is 88.3 cm³/mol. The third kappa shape index (κ3) is 3.93.